The van der Waals surface area contributed by atoms with E-state index in [1.807, 2.05) is 0 Å². The van der Waals surface area contributed by atoms with E-state index >= 15 is 0 Å². The first kappa shape index (κ1) is 17.0. The van der Waals surface area contributed by atoms with Crippen molar-refractivity contribution in [3.63, 3.8) is 0 Å². The molecule has 1 aromatic rings. The van der Waals surface area contributed by atoms with Gasteiger partial charge in [-0.1, -0.05) is 29.3 Å². The fourth-order valence-corrected chi connectivity index (χ4v) is 3.63. The lowest BCUT2D eigenvalue weighted by Crippen LogP contribution is -2.62. The van der Waals surface area contributed by atoms with Gasteiger partial charge in [-0.3, -0.25) is 14.4 Å². The predicted octanol–water partition coefficient (Wildman–Crippen LogP) is 0.183. The molecular weight excluding hydrogens is 357 g/mol. The smallest absolute Gasteiger partial charge is 0.254 e. The number of amides is 3. The van der Waals surface area contributed by atoms with Crippen LogP contribution in [0, 0.1) is 0 Å². The zero-order valence-corrected chi connectivity index (χ0v) is 14.0. The van der Waals surface area contributed by atoms with Gasteiger partial charge in [0.25, 0.3) is 5.91 Å². The second-order valence-electron chi connectivity index (χ2n) is 5.75. The van der Waals surface area contributed by atoms with E-state index in [9.17, 15) is 14.4 Å². The Labute approximate surface area is 147 Å². The number of aliphatic hydroxyl groups excluding tert-OH is 1. The number of hydrogen-bond donors (Lipinski definition) is 3. The van der Waals surface area contributed by atoms with Gasteiger partial charge in [-0.05, 0) is 18.6 Å². The van der Waals surface area contributed by atoms with Crippen LogP contribution in [0.3, 0.4) is 0 Å². The van der Waals surface area contributed by atoms with Gasteiger partial charge in [-0.2, -0.15) is 0 Å². The molecule has 3 atom stereocenters. The third-order valence-corrected chi connectivity index (χ3v) is 4.84. The fourth-order valence-electron chi connectivity index (χ4n) is 3.06. The second kappa shape index (κ2) is 6.58. The number of aliphatic hydroxyl groups is 1. The van der Waals surface area contributed by atoms with Crippen LogP contribution in [0.15, 0.2) is 18.2 Å². The quantitative estimate of drug-likeness (QED) is 0.705. The van der Waals surface area contributed by atoms with E-state index in [4.69, 9.17) is 28.3 Å². The maximum Gasteiger partial charge on any atom is 0.254 e. The van der Waals surface area contributed by atoms with Gasteiger partial charge in [0, 0.05) is 12.6 Å². The van der Waals surface area contributed by atoms with E-state index < -0.39 is 30.6 Å². The Morgan fingerprint density at radius 3 is 2.62 bits per heavy atom. The molecule has 0 radical (unpaired) electrons. The molecule has 2 fully saturated rings. The van der Waals surface area contributed by atoms with Crippen LogP contribution in [0.1, 0.15) is 16.8 Å². The number of piperazine rings is 1. The maximum absolute atomic E-state index is 12.4. The molecule has 0 aromatic heterocycles. The molecule has 2 aliphatic heterocycles. The summed E-state index contributed by atoms with van der Waals surface area (Å²) >= 11 is 12.0. The minimum atomic E-state index is -0.929. The molecule has 3 amide bonds. The molecule has 2 aliphatic rings. The molecule has 2 heterocycles. The highest BCUT2D eigenvalue weighted by atomic mass is 35.5. The van der Waals surface area contributed by atoms with Crippen LogP contribution in [0.5, 0.6) is 0 Å². The number of rotatable bonds is 3. The van der Waals surface area contributed by atoms with Gasteiger partial charge in [-0.15, -0.1) is 0 Å². The summed E-state index contributed by atoms with van der Waals surface area (Å²) in [6, 6.07) is 2.78. The summed E-state index contributed by atoms with van der Waals surface area (Å²) in [5.41, 5.74) is 0.162. The van der Waals surface area contributed by atoms with Crippen molar-refractivity contribution in [1.29, 1.82) is 0 Å². The second-order valence-corrected chi connectivity index (χ2v) is 6.57. The predicted molar refractivity (Wildman–Crippen MR) is 86.9 cm³/mol. The van der Waals surface area contributed by atoms with Gasteiger partial charge in [0.15, 0.2) is 0 Å². The normalized spacial score (nSPS) is 26.1. The zero-order valence-electron chi connectivity index (χ0n) is 12.5. The largest absolute Gasteiger partial charge is 0.394 e. The van der Waals surface area contributed by atoms with Gasteiger partial charge in [-0.25, -0.2) is 0 Å². The Morgan fingerprint density at radius 2 is 2.00 bits per heavy atom. The highest BCUT2D eigenvalue weighted by Crippen LogP contribution is 2.26. The molecule has 7 nitrogen and oxygen atoms in total. The molecule has 0 saturated carbocycles. The first-order valence-corrected chi connectivity index (χ1v) is 8.14. The van der Waals surface area contributed by atoms with Gasteiger partial charge < -0.3 is 20.6 Å². The first-order valence-electron chi connectivity index (χ1n) is 7.39. The van der Waals surface area contributed by atoms with Crippen molar-refractivity contribution in [2.75, 3.05) is 13.2 Å². The molecule has 3 rings (SSSR count). The third kappa shape index (κ3) is 2.94. The third-order valence-electron chi connectivity index (χ3n) is 4.21. The van der Waals surface area contributed by atoms with Crippen LogP contribution in [0.25, 0.3) is 0 Å². The number of nitrogens with zero attached hydrogens (tertiary/aromatic N) is 1. The van der Waals surface area contributed by atoms with E-state index in [-0.39, 0.29) is 34.0 Å². The Morgan fingerprint density at radius 1 is 1.33 bits per heavy atom. The topological polar surface area (TPSA) is 98.7 Å². The Balaban J connectivity index is 1.73. The van der Waals surface area contributed by atoms with E-state index in [0.29, 0.717) is 6.42 Å². The summed E-state index contributed by atoms with van der Waals surface area (Å²) < 4.78 is 0. The van der Waals surface area contributed by atoms with E-state index in [2.05, 4.69) is 10.6 Å². The highest BCUT2D eigenvalue weighted by molar-refractivity contribution is 6.39. The van der Waals surface area contributed by atoms with E-state index in [1.165, 1.54) is 4.90 Å². The standard InChI is InChI=1S/C15H15Cl2N3O4/c16-8-2-1-3-9(17)12(8)14(23)18-7-4-11-13(22)19-10(6-21)15(24)20(11)5-7/h1-3,7,10-11,21H,4-6H2,(H,18,23)(H,19,22)/t7-,10+,11-/m0/s1. The number of benzene rings is 1. The number of carbonyl (C=O) groups excluding carboxylic acids is 3. The lowest BCUT2D eigenvalue weighted by Gasteiger charge is -2.33. The Bertz CT molecular complexity index is 692. The van der Waals surface area contributed by atoms with Crippen molar-refractivity contribution in [2.24, 2.45) is 0 Å². The zero-order chi connectivity index (χ0) is 17.4. The average molecular weight is 372 g/mol. The van der Waals surface area contributed by atoms with Crippen LogP contribution >= 0.6 is 23.2 Å². The number of carbonyl (C=O) groups is 3. The van der Waals surface area contributed by atoms with Crippen molar-refractivity contribution in [3.8, 4) is 0 Å². The molecular formula is C15H15Cl2N3O4. The molecule has 3 N–H and O–H groups in total. The maximum atomic E-state index is 12.4. The van der Waals surface area contributed by atoms with Crippen molar-refractivity contribution in [2.45, 2.75) is 24.5 Å². The van der Waals surface area contributed by atoms with Crippen molar-refractivity contribution < 1.29 is 19.5 Å². The van der Waals surface area contributed by atoms with Crippen LogP contribution in [0.4, 0.5) is 0 Å². The summed E-state index contributed by atoms with van der Waals surface area (Å²) in [5.74, 6) is -1.14. The average Bonchev–Trinajstić information content (AvgIpc) is 2.95. The lowest BCUT2D eigenvalue weighted by atomic mass is 10.1. The number of hydrogen-bond acceptors (Lipinski definition) is 4. The molecule has 0 spiro atoms. The summed E-state index contributed by atoms with van der Waals surface area (Å²) in [6.45, 7) is -0.263. The van der Waals surface area contributed by atoms with Gasteiger partial charge >= 0.3 is 0 Å². The number of halogens is 2. The van der Waals surface area contributed by atoms with Gasteiger partial charge in [0.05, 0.1) is 22.2 Å². The minimum Gasteiger partial charge on any atom is -0.394 e. The molecule has 0 bridgehead atoms. The minimum absolute atomic E-state index is 0.162. The summed E-state index contributed by atoms with van der Waals surface area (Å²) in [4.78, 5) is 38.0. The molecule has 128 valence electrons. The van der Waals surface area contributed by atoms with Gasteiger partial charge in [0.1, 0.15) is 12.1 Å². The van der Waals surface area contributed by atoms with Crippen LogP contribution in [-0.2, 0) is 9.59 Å². The monoisotopic (exact) mass is 371 g/mol. The summed E-state index contributed by atoms with van der Waals surface area (Å²) in [7, 11) is 0. The van der Waals surface area contributed by atoms with Crippen molar-refractivity contribution in [3.05, 3.63) is 33.8 Å². The highest BCUT2D eigenvalue weighted by Gasteiger charge is 2.46. The molecule has 24 heavy (non-hydrogen) atoms. The van der Waals surface area contributed by atoms with E-state index in [1.54, 1.807) is 18.2 Å². The SMILES string of the molecule is O=C(N[C@H]1C[C@H]2C(=O)N[C@H](CO)C(=O)N2C1)c1c(Cl)cccc1Cl. The molecule has 0 unspecified atom stereocenters. The van der Waals surface area contributed by atoms with Gasteiger partial charge in [0.2, 0.25) is 11.8 Å². The fraction of sp³-hybridized carbons (Fsp3) is 0.400. The molecule has 1 aromatic carbocycles. The lowest BCUT2D eigenvalue weighted by molar-refractivity contribution is -0.148. The van der Waals surface area contributed by atoms with Crippen molar-refractivity contribution in [1.82, 2.24) is 15.5 Å². The summed E-state index contributed by atoms with van der Waals surface area (Å²) in [5, 5.41) is 14.9. The molecule has 2 saturated heterocycles. The van der Waals surface area contributed by atoms with Crippen molar-refractivity contribution >= 4 is 40.9 Å². The van der Waals surface area contributed by atoms with E-state index in [0.717, 1.165) is 0 Å². The molecule has 9 heteroatoms. The summed E-state index contributed by atoms with van der Waals surface area (Å²) in [6.07, 6.45) is 0.295. The van der Waals surface area contributed by atoms with Crippen LogP contribution < -0.4 is 10.6 Å². The number of fused-ring (bicyclic) bond motifs is 1. The first-order chi connectivity index (χ1) is 11.4. The molecule has 0 aliphatic carbocycles. The van der Waals surface area contributed by atoms with Crippen LogP contribution in [0.2, 0.25) is 10.0 Å². The number of nitrogens with one attached hydrogen (secondary N) is 2. The Hall–Kier alpha value is -1.83. The Kier molecular flexibility index (Phi) is 4.67. The van der Waals surface area contributed by atoms with Crippen LogP contribution in [-0.4, -0.2) is 59.0 Å².